The number of methoxy groups -OCH3 is 2. The smallest absolute Gasteiger partial charge is 0.293 e. The minimum atomic E-state index is -0.474. The van der Waals surface area contributed by atoms with Crippen molar-refractivity contribution in [2.45, 2.75) is 38.5 Å². The lowest BCUT2D eigenvalue weighted by molar-refractivity contribution is -0.117. The van der Waals surface area contributed by atoms with Crippen molar-refractivity contribution >= 4 is 34.2 Å². The minimum absolute atomic E-state index is 0.0565. The largest absolute Gasteiger partial charge is 0.497 e. The van der Waals surface area contributed by atoms with Crippen LogP contribution in [0.5, 0.6) is 11.5 Å². The summed E-state index contributed by atoms with van der Waals surface area (Å²) in [5.41, 5.74) is 1.40. The molecule has 2 aromatic carbocycles. The Labute approximate surface area is 187 Å². The number of hydrogen-bond donors (Lipinski definition) is 2. The molecule has 7 heteroatoms. The molecule has 0 atom stereocenters. The molecule has 3 aromatic rings. The Bertz CT molecular complexity index is 1110. The molecule has 32 heavy (non-hydrogen) atoms. The zero-order valence-corrected chi connectivity index (χ0v) is 18.4. The van der Waals surface area contributed by atoms with E-state index in [1.807, 2.05) is 18.2 Å². The minimum Gasteiger partial charge on any atom is -0.497 e. The fourth-order valence-electron chi connectivity index (χ4n) is 4.25. The van der Waals surface area contributed by atoms with E-state index in [0.717, 1.165) is 12.8 Å². The van der Waals surface area contributed by atoms with Gasteiger partial charge >= 0.3 is 0 Å². The van der Waals surface area contributed by atoms with Crippen LogP contribution in [0.25, 0.3) is 11.0 Å². The summed E-state index contributed by atoms with van der Waals surface area (Å²) in [5.74, 6) is 0.942. The second kappa shape index (κ2) is 9.77. The number of anilines is 2. The Kier molecular flexibility index (Phi) is 6.63. The van der Waals surface area contributed by atoms with E-state index >= 15 is 0 Å². The van der Waals surface area contributed by atoms with Crippen molar-refractivity contribution in [3.8, 4) is 11.5 Å². The lowest BCUT2D eigenvalue weighted by atomic mass is 9.87. The second-order valence-corrected chi connectivity index (χ2v) is 8.08. The Morgan fingerprint density at radius 1 is 1.00 bits per heavy atom. The van der Waals surface area contributed by atoms with Gasteiger partial charge in [-0.2, -0.15) is 0 Å². The van der Waals surface area contributed by atoms with Crippen LogP contribution < -0.4 is 20.1 Å². The van der Waals surface area contributed by atoms with Crippen molar-refractivity contribution in [3.05, 3.63) is 48.2 Å². The summed E-state index contributed by atoms with van der Waals surface area (Å²) in [6.45, 7) is 0. The van der Waals surface area contributed by atoms with Crippen molar-refractivity contribution in [2.75, 3.05) is 24.9 Å². The predicted molar refractivity (Wildman–Crippen MR) is 124 cm³/mol. The molecule has 2 N–H and O–H groups in total. The number of carbonyl (C=O) groups is 2. The van der Waals surface area contributed by atoms with Gasteiger partial charge in [0.05, 0.1) is 19.9 Å². The third-order valence-electron chi connectivity index (χ3n) is 5.92. The molecule has 7 nitrogen and oxygen atoms in total. The number of rotatable bonds is 7. The van der Waals surface area contributed by atoms with Crippen molar-refractivity contribution in [1.82, 2.24) is 0 Å². The summed E-state index contributed by atoms with van der Waals surface area (Å²) >= 11 is 0. The number of ether oxygens (including phenoxy) is 2. The molecule has 0 radical (unpaired) electrons. The fourth-order valence-corrected chi connectivity index (χ4v) is 4.25. The van der Waals surface area contributed by atoms with Crippen LogP contribution in [0, 0.1) is 5.92 Å². The molecule has 1 aliphatic rings. The Hall–Kier alpha value is -3.48. The average molecular weight is 437 g/mol. The van der Waals surface area contributed by atoms with E-state index in [9.17, 15) is 9.59 Å². The molecule has 1 aromatic heterocycles. The summed E-state index contributed by atoms with van der Waals surface area (Å²) < 4.78 is 16.4. The van der Waals surface area contributed by atoms with Crippen LogP contribution in [-0.2, 0) is 4.79 Å². The molecule has 1 aliphatic carbocycles. The van der Waals surface area contributed by atoms with Crippen LogP contribution in [0.15, 0.2) is 46.9 Å². The molecular formula is C25H28N2O5. The highest BCUT2D eigenvalue weighted by Crippen LogP contribution is 2.34. The van der Waals surface area contributed by atoms with E-state index in [1.165, 1.54) is 26.4 Å². The fraction of sp³-hybridized carbons (Fsp3) is 0.360. The molecule has 1 heterocycles. The van der Waals surface area contributed by atoms with Crippen LogP contribution in [0.2, 0.25) is 0 Å². The van der Waals surface area contributed by atoms with Gasteiger partial charge in [0, 0.05) is 17.9 Å². The molecule has 0 bridgehead atoms. The number of furan rings is 1. The first-order valence-electron chi connectivity index (χ1n) is 10.9. The third kappa shape index (κ3) is 4.72. The number of para-hydroxylation sites is 1. The van der Waals surface area contributed by atoms with Gasteiger partial charge in [-0.3, -0.25) is 9.59 Å². The summed E-state index contributed by atoms with van der Waals surface area (Å²) in [4.78, 5) is 26.0. The summed E-state index contributed by atoms with van der Waals surface area (Å²) in [6.07, 6.45) is 6.18. The highest BCUT2D eigenvalue weighted by Gasteiger charge is 2.25. The number of amides is 2. The highest BCUT2D eigenvalue weighted by molar-refractivity contribution is 6.14. The highest BCUT2D eigenvalue weighted by atomic mass is 16.5. The van der Waals surface area contributed by atoms with Gasteiger partial charge in [0.1, 0.15) is 22.8 Å². The van der Waals surface area contributed by atoms with E-state index in [0.29, 0.717) is 46.2 Å². The van der Waals surface area contributed by atoms with E-state index in [1.54, 1.807) is 31.4 Å². The zero-order chi connectivity index (χ0) is 22.5. The molecule has 0 saturated heterocycles. The van der Waals surface area contributed by atoms with Gasteiger partial charge in [0.25, 0.3) is 5.91 Å². The summed E-state index contributed by atoms with van der Waals surface area (Å²) in [5, 5.41) is 6.46. The van der Waals surface area contributed by atoms with Crippen molar-refractivity contribution < 1.29 is 23.5 Å². The van der Waals surface area contributed by atoms with E-state index in [4.69, 9.17) is 13.9 Å². The topological polar surface area (TPSA) is 89.8 Å². The molecule has 2 amide bonds. The zero-order valence-electron chi connectivity index (χ0n) is 18.4. The number of hydrogen-bond acceptors (Lipinski definition) is 5. The molecular weight excluding hydrogens is 408 g/mol. The lowest BCUT2D eigenvalue weighted by Crippen LogP contribution is -2.20. The second-order valence-electron chi connectivity index (χ2n) is 8.08. The van der Waals surface area contributed by atoms with Crippen LogP contribution in [-0.4, -0.2) is 26.0 Å². The van der Waals surface area contributed by atoms with Gasteiger partial charge in [0.2, 0.25) is 11.7 Å². The van der Waals surface area contributed by atoms with Gasteiger partial charge in [-0.15, -0.1) is 0 Å². The monoisotopic (exact) mass is 436 g/mol. The Morgan fingerprint density at radius 2 is 1.78 bits per heavy atom. The van der Waals surface area contributed by atoms with Gasteiger partial charge < -0.3 is 24.5 Å². The lowest BCUT2D eigenvalue weighted by Gasteiger charge is -2.20. The van der Waals surface area contributed by atoms with E-state index in [2.05, 4.69) is 10.6 Å². The molecule has 4 rings (SSSR count). The third-order valence-corrected chi connectivity index (χ3v) is 5.92. The van der Waals surface area contributed by atoms with Crippen LogP contribution in [0.3, 0.4) is 0 Å². The van der Waals surface area contributed by atoms with Gasteiger partial charge in [-0.05, 0) is 43.0 Å². The number of carbonyl (C=O) groups excluding carboxylic acids is 2. The van der Waals surface area contributed by atoms with Crippen molar-refractivity contribution in [2.24, 2.45) is 5.92 Å². The van der Waals surface area contributed by atoms with Crippen LogP contribution in [0.4, 0.5) is 11.4 Å². The standard InChI is InChI=1S/C25H28N2O5/c1-30-17-12-13-19(21(15-17)31-2)26-25(29)24-23(18-10-6-7-11-20(18)32-24)27-22(28)14-16-8-4-3-5-9-16/h6-7,10-13,15-16H,3-5,8-9,14H2,1-2H3,(H,26,29)(H,27,28). The predicted octanol–water partition coefficient (Wildman–Crippen LogP) is 5.61. The maximum atomic E-state index is 13.2. The molecule has 0 spiro atoms. The first kappa shape index (κ1) is 21.7. The number of nitrogens with one attached hydrogen (secondary N) is 2. The SMILES string of the molecule is COc1ccc(NC(=O)c2oc3ccccc3c2NC(=O)CC2CCCCC2)c(OC)c1. The quantitative estimate of drug-likeness (QED) is 0.502. The van der Waals surface area contributed by atoms with Gasteiger partial charge in [-0.25, -0.2) is 0 Å². The normalized spacial score (nSPS) is 14.2. The number of fused-ring (bicyclic) bond motifs is 1. The Balaban J connectivity index is 1.59. The molecule has 0 aliphatic heterocycles. The summed E-state index contributed by atoms with van der Waals surface area (Å²) in [7, 11) is 3.08. The summed E-state index contributed by atoms with van der Waals surface area (Å²) in [6, 6.07) is 12.4. The number of benzene rings is 2. The maximum Gasteiger partial charge on any atom is 0.293 e. The van der Waals surface area contributed by atoms with Crippen LogP contribution in [0.1, 0.15) is 49.1 Å². The maximum absolute atomic E-state index is 13.2. The molecule has 1 fully saturated rings. The molecule has 168 valence electrons. The van der Waals surface area contributed by atoms with Crippen molar-refractivity contribution in [3.63, 3.8) is 0 Å². The Morgan fingerprint density at radius 3 is 2.53 bits per heavy atom. The van der Waals surface area contributed by atoms with Crippen LogP contribution >= 0.6 is 0 Å². The first-order valence-corrected chi connectivity index (χ1v) is 10.9. The van der Waals surface area contributed by atoms with E-state index < -0.39 is 5.91 Å². The van der Waals surface area contributed by atoms with Gasteiger partial charge in [0.15, 0.2) is 0 Å². The first-order chi connectivity index (χ1) is 15.6. The van der Waals surface area contributed by atoms with Crippen molar-refractivity contribution in [1.29, 1.82) is 0 Å². The molecule has 0 unspecified atom stereocenters. The molecule has 1 saturated carbocycles. The van der Waals surface area contributed by atoms with E-state index in [-0.39, 0.29) is 11.7 Å². The average Bonchev–Trinajstić information content (AvgIpc) is 3.18. The van der Waals surface area contributed by atoms with Gasteiger partial charge in [-0.1, -0.05) is 31.4 Å².